The van der Waals surface area contributed by atoms with E-state index in [4.69, 9.17) is 11.6 Å². The molecule has 4 aromatic rings. The average molecular weight is 628 g/mol. The fraction of sp³-hybridized carbons (Fsp3) is 0.360. The van der Waals surface area contributed by atoms with Crippen molar-refractivity contribution in [3.05, 3.63) is 59.3 Å². The van der Waals surface area contributed by atoms with Crippen molar-refractivity contribution in [3.63, 3.8) is 0 Å². The molecule has 212 valence electrons. The molecule has 1 spiro atoms. The van der Waals surface area contributed by atoms with E-state index in [0.29, 0.717) is 42.6 Å². The predicted molar refractivity (Wildman–Crippen MR) is 150 cm³/mol. The maximum absolute atomic E-state index is 14.5. The molecular weight excluding hydrogens is 604 g/mol. The van der Waals surface area contributed by atoms with Crippen LogP contribution in [-0.2, 0) is 19.9 Å². The first-order chi connectivity index (χ1) is 18.8. The molecule has 0 atom stereocenters. The summed E-state index contributed by atoms with van der Waals surface area (Å²) < 4.78 is 81.3. The Morgan fingerprint density at radius 1 is 1.00 bits per heavy atom. The number of nitrogens with zero attached hydrogens (tertiary/aromatic N) is 5. The number of fused-ring (bicyclic) bond motifs is 1. The Bertz CT molecular complexity index is 1850. The molecule has 6 rings (SSSR count). The number of pyridine rings is 1. The summed E-state index contributed by atoms with van der Waals surface area (Å²) in [5, 5.41) is 4.06. The van der Waals surface area contributed by atoms with E-state index in [9.17, 15) is 25.6 Å². The zero-order valence-corrected chi connectivity index (χ0v) is 24.6. The van der Waals surface area contributed by atoms with Gasteiger partial charge in [0, 0.05) is 25.7 Å². The van der Waals surface area contributed by atoms with Crippen LogP contribution in [0.4, 0.5) is 20.4 Å². The summed E-state index contributed by atoms with van der Waals surface area (Å²) in [6.07, 6.45) is 2.76. The zero-order valence-electron chi connectivity index (χ0n) is 21.4. The molecule has 0 amide bonds. The molecule has 0 unspecified atom stereocenters. The van der Waals surface area contributed by atoms with Crippen LogP contribution in [0.25, 0.3) is 10.9 Å². The van der Waals surface area contributed by atoms with Gasteiger partial charge in [0.15, 0.2) is 15.7 Å². The van der Waals surface area contributed by atoms with E-state index >= 15 is 0 Å². The Morgan fingerprint density at radius 3 is 2.38 bits per heavy atom. The maximum atomic E-state index is 14.5. The van der Waals surface area contributed by atoms with E-state index in [-0.39, 0.29) is 29.9 Å². The number of anilines is 2. The summed E-state index contributed by atoms with van der Waals surface area (Å²) in [7, 11) is -8.10. The molecule has 4 heterocycles. The lowest BCUT2D eigenvalue weighted by molar-refractivity contribution is 0.501. The SMILES string of the molecule is CC(C)S(=O)(=O)c1ccc(S(=O)(=O)n2nc(N3CCN(c4ccc(F)cn4)CC34CC4)c3c(Cl)cc(F)cc32)s1. The van der Waals surface area contributed by atoms with Crippen LogP contribution in [0.1, 0.15) is 26.7 Å². The van der Waals surface area contributed by atoms with Gasteiger partial charge in [0.2, 0.25) is 0 Å². The van der Waals surface area contributed by atoms with Crippen molar-refractivity contribution < 1.29 is 25.6 Å². The largest absolute Gasteiger partial charge is 0.352 e. The van der Waals surface area contributed by atoms with Gasteiger partial charge in [-0.2, -0.15) is 12.5 Å². The minimum Gasteiger partial charge on any atom is -0.352 e. The summed E-state index contributed by atoms with van der Waals surface area (Å²) in [6.45, 7) is 4.52. The van der Waals surface area contributed by atoms with Crippen molar-refractivity contribution in [1.29, 1.82) is 0 Å². The van der Waals surface area contributed by atoms with Gasteiger partial charge in [0.05, 0.1) is 32.9 Å². The zero-order chi connectivity index (χ0) is 28.6. The third-order valence-electron chi connectivity index (χ3n) is 7.36. The first-order valence-electron chi connectivity index (χ1n) is 12.4. The first kappa shape index (κ1) is 27.4. The molecule has 1 saturated heterocycles. The second kappa shape index (κ2) is 9.36. The lowest BCUT2D eigenvalue weighted by atomic mass is 10.1. The molecule has 1 aliphatic carbocycles. The molecular formula is C25H24ClF2N5O4S3. The normalized spacial score (nSPS) is 17.4. The lowest BCUT2D eigenvalue weighted by Crippen LogP contribution is -2.55. The Balaban J connectivity index is 1.43. The monoisotopic (exact) mass is 627 g/mol. The molecule has 2 fully saturated rings. The topological polar surface area (TPSA) is 105 Å². The van der Waals surface area contributed by atoms with Gasteiger partial charge in [-0.1, -0.05) is 11.6 Å². The minimum absolute atomic E-state index is 0.0131. The molecule has 0 N–H and O–H groups in total. The summed E-state index contributed by atoms with van der Waals surface area (Å²) in [5.74, 6) is -0.221. The van der Waals surface area contributed by atoms with Crippen LogP contribution in [0, 0.1) is 11.6 Å². The third-order valence-corrected chi connectivity index (χ3v) is 13.5. The number of piperazine rings is 1. The minimum atomic E-state index is -4.41. The number of benzene rings is 1. The smallest absolute Gasteiger partial charge is 0.293 e. The summed E-state index contributed by atoms with van der Waals surface area (Å²) in [5.41, 5.74) is -0.427. The molecule has 1 aromatic carbocycles. The number of aromatic nitrogens is 3. The highest BCUT2D eigenvalue weighted by molar-refractivity contribution is 7.95. The summed E-state index contributed by atoms with van der Waals surface area (Å²) in [6, 6.07) is 7.63. The van der Waals surface area contributed by atoms with Crippen LogP contribution in [0.3, 0.4) is 0 Å². The number of hydrogen-bond acceptors (Lipinski definition) is 9. The Hall–Kier alpha value is -2.81. The van der Waals surface area contributed by atoms with Crippen LogP contribution in [0.2, 0.25) is 5.02 Å². The molecule has 40 heavy (non-hydrogen) atoms. The highest BCUT2D eigenvalue weighted by atomic mass is 35.5. The van der Waals surface area contributed by atoms with Crippen molar-refractivity contribution in [2.24, 2.45) is 0 Å². The quantitative estimate of drug-likeness (QED) is 0.303. The molecule has 2 aliphatic rings. The van der Waals surface area contributed by atoms with E-state index in [1.54, 1.807) is 6.07 Å². The Labute approximate surface area is 239 Å². The molecule has 9 nitrogen and oxygen atoms in total. The summed E-state index contributed by atoms with van der Waals surface area (Å²) in [4.78, 5) is 8.25. The van der Waals surface area contributed by atoms with E-state index in [1.165, 1.54) is 32.0 Å². The van der Waals surface area contributed by atoms with Gasteiger partial charge in [0.1, 0.15) is 25.9 Å². The van der Waals surface area contributed by atoms with Gasteiger partial charge in [0.25, 0.3) is 10.0 Å². The van der Waals surface area contributed by atoms with Crippen molar-refractivity contribution >= 4 is 65.3 Å². The number of sulfone groups is 1. The van der Waals surface area contributed by atoms with Gasteiger partial charge in [-0.3, -0.25) is 0 Å². The fourth-order valence-electron chi connectivity index (χ4n) is 5.04. The van der Waals surface area contributed by atoms with E-state index in [1.807, 2.05) is 9.80 Å². The molecule has 1 aliphatic heterocycles. The van der Waals surface area contributed by atoms with E-state index in [2.05, 4.69) is 10.1 Å². The standard InChI is InChI=1S/C25H24ClF2N5O4S3/c1-15(2)39(34,35)21-5-6-22(38-21)40(36,37)33-19-12-17(28)11-18(26)23(19)24(30-33)32-10-9-31(14-25(32)7-8-25)20-4-3-16(27)13-29-20/h3-6,11-13,15H,7-10,14H2,1-2H3. The van der Waals surface area contributed by atoms with Gasteiger partial charge in [-0.05, 0) is 57.0 Å². The van der Waals surface area contributed by atoms with Crippen LogP contribution in [0.15, 0.2) is 51.0 Å². The second-order valence-electron chi connectivity index (χ2n) is 10.3. The highest BCUT2D eigenvalue weighted by Gasteiger charge is 2.53. The second-order valence-corrected chi connectivity index (χ2v) is 16.5. The number of halogens is 3. The average Bonchev–Trinajstić information content (AvgIpc) is 3.29. The number of thiophene rings is 1. The fourth-order valence-corrected chi connectivity index (χ4v) is 9.89. The van der Waals surface area contributed by atoms with Crippen molar-refractivity contribution in [2.45, 2.75) is 45.9 Å². The van der Waals surface area contributed by atoms with E-state index < -0.39 is 36.7 Å². The maximum Gasteiger partial charge on any atom is 0.293 e. The molecule has 0 bridgehead atoms. The van der Waals surface area contributed by atoms with Crippen molar-refractivity contribution in [1.82, 2.24) is 14.2 Å². The van der Waals surface area contributed by atoms with Gasteiger partial charge in [-0.25, -0.2) is 22.2 Å². The Kier molecular flexibility index (Phi) is 6.40. The van der Waals surface area contributed by atoms with Crippen molar-refractivity contribution in [2.75, 3.05) is 29.4 Å². The molecule has 1 saturated carbocycles. The first-order valence-corrected chi connectivity index (χ1v) is 16.6. The predicted octanol–water partition coefficient (Wildman–Crippen LogP) is 4.70. The van der Waals surface area contributed by atoms with Gasteiger partial charge < -0.3 is 9.80 Å². The van der Waals surface area contributed by atoms with Gasteiger partial charge in [-0.15, -0.1) is 16.4 Å². The van der Waals surface area contributed by atoms with Crippen LogP contribution < -0.4 is 9.80 Å². The number of rotatable bonds is 6. The highest BCUT2D eigenvalue weighted by Crippen LogP contribution is 2.49. The molecule has 0 radical (unpaired) electrons. The van der Waals surface area contributed by atoms with Crippen molar-refractivity contribution in [3.8, 4) is 0 Å². The Morgan fingerprint density at radius 2 is 1.73 bits per heavy atom. The van der Waals surface area contributed by atoms with E-state index in [0.717, 1.165) is 35.3 Å². The van der Waals surface area contributed by atoms with Crippen LogP contribution in [-0.4, -0.2) is 61.4 Å². The summed E-state index contributed by atoms with van der Waals surface area (Å²) >= 11 is 7.13. The number of hydrogen-bond donors (Lipinski definition) is 0. The van der Waals surface area contributed by atoms with Crippen LogP contribution in [0.5, 0.6) is 0 Å². The lowest BCUT2D eigenvalue weighted by Gasteiger charge is -2.43. The van der Waals surface area contributed by atoms with Crippen LogP contribution >= 0.6 is 22.9 Å². The third kappa shape index (κ3) is 4.35. The molecule has 15 heteroatoms. The molecule has 3 aromatic heterocycles. The van der Waals surface area contributed by atoms with Gasteiger partial charge >= 0.3 is 0 Å².